The highest BCUT2D eigenvalue weighted by Gasteiger charge is 2.27. The average Bonchev–Trinajstić information content (AvgIpc) is 2.73. The van der Waals surface area contributed by atoms with Crippen LogP contribution in [0.2, 0.25) is 0 Å². The zero-order valence-corrected chi connectivity index (χ0v) is 17.9. The predicted octanol–water partition coefficient (Wildman–Crippen LogP) is 4.15. The SMILES string of the molecule is COc1ccc(S(=O)(=O)N(CC(=O)Nc2cccc(C)c2)c2ccc(C)cc2)cc1. The number of amides is 1. The summed E-state index contributed by atoms with van der Waals surface area (Å²) in [4.78, 5) is 12.8. The summed E-state index contributed by atoms with van der Waals surface area (Å²) in [5, 5.41) is 2.77. The molecule has 3 rings (SSSR count). The monoisotopic (exact) mass is 424 g/mol. The molecule has 0 aromatic heterocycles. The first-order chi connectivity index (χ1) is 14.3. The summed E-state index contributed by atoms with van der Waals surface area (Å²) in [6, 6.07) is 20.4. The molecule has 7 heteroatoms. The fraction of sp³-hybridized carbons (Fsp3) is 0.174. The van der Waals surface area contributed by atoms with Crippen LogP contribution in [0.5, 0.6) is 5.75 Å². The number of methoxy groups -OCH3 is 1. The van der Waals surface area contributed by atoms with Crippen molar-refractivity contribution in [2.75, 3.05) is 23.3 Å². The molecule has 1 amide bonds. The molecule has 0 aliphatic rings. The summed E-state index contributed by atoms with van der Waals surface area (Å²) < 4.78 is 32.9. The second kappa shape index (κ2) is 9.00. The van der Waals surface area contributed by atoms with Gasteiger partial charge in [0, 0.05) is 5.69 Å². The van der Waals surface area contributed by atoms with E-state index in [0.717, 1.165) is 15.4 Å². The number of ether oxygens (including phenoxy) is 1. The van der Waals surface area contributed by atoms with Gasteiger partial charge in [-0.2, -0.15) is 0 Å². The molecular weight excluding hydrogens is 400 g/mol. The first-order valence-electron chi connectivity index (χ1n) is 9.39. The number of hydrogen-bond donors (Lipinski definition) is 1. The van der Waals surface area contributed by atoms with Crippen molar-refractivity contribution in [1.82, 2.24) is 0 Å². The normalized spacial score (nSPS) is 11.0. The predicted molar refractivity (Wildman–Crippen MR) is 119 cm³/mol. The number of nitrogens with zero attached hydrogens (tertiary/aromatic N) is 1. The molecule has 0 saturated heterocycles. The Kier molecular flexibility index (Phi) is 6.42. The summed E-state index contributed by atoms with van der Waals surface area (Å²) in [7, 11) is -2.46. The van der Waals surface area contributed by atoms with Gasteiger partial charge in [0.15, 0.2) is 0 Å². The second-order valence-electron chi connectivity index (χ2n) is 6.94. The number of rotatable bonds is 7. The Morgan fingerprint density at radius 1 is 0.933 bits per heavy atom. The highest BCUT2D eigenvalue weighted by molar-refractivity contribution is 7.92. The van der Waals surface area contributed by atoms with Gasteiger partial charge >= 0.3 is 0 Å². The van der Waals surface area contributed by atoms with Gasteiger partial charge in [-0.1, -0.05) is 29.8 Å². The van der Waals surface area contributed by atoms with Crippen LogP contribution < -0.4 is 14.4 Å². The Hall–Kier alpha value is -3.32. The Morgan fingerprint density at radius 3 is 2.20 bits per heavy atom. The molecule has 3 aromatic rings. The lowest BCUT2D eigenvalue weighted by molar-refractivity contribution is -0.114. The summed E-state index contributed by atoms with van der Waals surface area (Å²) in [5.74, 6) is 0.117. The van der Waals surface area contributed by atoms with Crippen LogP contribution in [0.15, 0.2) is 77.7 Å². The van der Waals surface area contributed by atoms with Gasteiger partial charge in [-0.05, 0) is 67.9 Å². The third kappa shape index (κ3) is 4.99. The van der Waals surface area contributed by atoms with Crippen molar-refractivity contribution >= 4 is 27.3 Å². The molecular formula is C23H24N2O4S. The highest BCUT2D eigenvalue weighted by atomic mass is 32.2. The fourth-order valence-electron chi connectivity index (χ4n) is 2.95. The maximum absolute atomic E-state index is 13.4. The first kappa shape index (κ1) is 21.4. The lowest BCUT2D eigenvalue weighted by Crippen LogP contribution is -2.38. The number of carbonyl (C=O) groups excluding carboxylic acids is 1. The van der Waals surface area contributed by atoms with Crippen molar-refractivity contribution in [3.8, 4) is 5.75 Å². The highest BCUT2D eigenvalue weighted by Crippen LogP contribution is 2.25. The number of benzene rings is 3. The Labute approximate surface area is 177 Å². The van der Waals surface area contributed by atoms with Gasteiger partial charge in [-0.25, -0.2) is 8.42 Å². The number of hydrogen-bond acceptors (Lipinski definition) is 4. The number of carbonyl (C=O) groups is 1. The van der Waals surface area contributed by atoms with Gasteiger partial charge in [0.1, 0.15) is 12.3 Å². The van der Waals surface area contributed by atoms with Crippen molar-refractivity contribution in [3.63, 3.8) is 0 Å². The Bertz CT molecular complexity index is 1120. The lowest BCUT2D eigenvalue weighted by atomic mass is 10.2. The summed E-state index contributed by atoms with van der Waals surface area (Å²) in [6.45, 7) is 3.48. The molecule has 0 unspecified atom stereocenters. The standard InChI is InChI=1S/C23H24N2O4S/c1-17-7-9-20(10-8-17)25(16-23(26)24-19-6-4-5-18(2)15-19)30(27,28)22-13-11-21(29-3)12-14-22/h4-15H,16H2,1-3H3,(H,24,26). The molecule has 6 nitrogen and oxygen atoms in total. The maximum Gasteiger partial charge on any atom is 0.264 e. The fourth-order valence-corrected chi connectivity index (χ4v) is 4.38. The third-order valence-corrected chi connectivity index (χ3v) is 6.35. The van der Waals surface area contributed by atoms with Crippen LogP contribution in [0.3, 0.4) is 0 Å². The van der Waals surface area contributed by atoms with E-state index in [1.54, 1.807) is 30.3 Å². The number of sulfonamides is 1. The molecule has 0 radical (unpaired) electrons. The lowest BCUT2D eigenvalue weighted by Gasteiger charge is -2.24. The number of nitrogens with one attached hydrogen (secondary N) is 1. The summed E-state index contributed by atoms with van der Waals surface area (Å²) in [6.07, 6.45) is 0. The molecule has 0 aliphatic carbocycles. The first-order valence-corrected chi connectivity index (χ1v) is 10.8. The molecule has 0 bridgehead atoms. The molecule has 156 valence electrons. The molecule has 0 aliphatic heterocycles. The number of anilines is 2. The average molecular weight is 425 g/mol. The van der Waals surface area contributed by atoms with Crippen molar-refractivity contribution in [3.05, 3.63) is 83.9 Å². The minimum atomic E-state index is -3.97. The van der Waals surface area contributed by atoms with Crippen LogP contribution in [-0.4, -0.2) is 28.0 Å². The van der Waals surface area contributed by atoms with Crippen LogP contribution in [-0.2, 0) is 14.8 Å². The van der Waals surface area contributed by atoms with Gasteiger partial charge in [-0.15, -0.1) is 0 Å². The molecule has 0 atom stereocenters. The largest absolute Gasteiger partial charge is 0.497 e. The van der Waals surface area contributed by atoms with E-state index in [9.17, 15) is 13.2 Å². The molecule has 3 aromatic carbocycles. The van der Waals surface area contributed by atoms with E-state index in [0.29, 0.717) is 17.1 Å². The number of aryl methyl sites for hydroxylation is 2. The van der Waals surface area contributed by atoms with E-state index < -0.39 is 15.9 Å². The molecule has 0 spiro atoms. The Morgan fingerprint density at radius 2 is 1.60 bits per heavy atom. The zero-order chi connectivity index (χ0) is 21.7. The quantitative estimate of drug-likeness (QED) is 0.618. The van der Waals surface area contributed by atoms with Gasteiger partial charge in [0.25, 0.3) is 10.0 Å². The second-order valence-corrected chi connectivity index (χ2v) is 8.80. The van der Waals surface area contributed by atoms with Gasteiger partial charge < -0.3 is 10.1 Å². The van der Waals surface area contributed by atoms with Crippen LogP contribution in [0.25, 0.3) is 0 Å². The van der Waals surface area contributed by atoms with Gasteiger partial charge in [0.2, 0.25) is 5.91 Å². The van der Waals surface area contributed by atoms with E-state index in [4.69, 9.17) is 4.74 Å². The van der Waals surface area contributed by atoms with Crippen LogP contribution >= 0.6 is 0 Å². The van der Waals surface area contributed by atoms with E-state index >= 15 is 0 Å². The van der Waals surface area contributed by atoms with Gasteiger partial charge in [-0.3, -0.25) is 9.10 Å². The van der Waals surface area contributed by atoms with Crippen LogP contribution in [0.4, 0.5) is 11.4 Å². The van der Waals surface area contributed by atoms with E-state index in [2.05, 4.69) is 5.32 Å². The summed E-state index contributed by atoms with van der Waals surface area (Å²) >= 11 is 0. The Balaban J connectivity index is 1.93. The third-order valence-electron chi connectivity index (χ3n) is 4.56. The topological polar surface area (TPSA) is 75.7 Å². The van der Waals surface area contributed by atoms with Crippen molar-refractivity contribution in [2.45, 2.75) is 18.7 Å². The van der Waals surface area contributed by atoms with Crippen LogP contribution in [0.1, 0.15) is 11.1 Å². The maximum atomic E-state index is 13.4. The van der Waals surface area contributed by atoms with Crippen LogP contribution in [0, 0.1) is 13.8 Å². The molecule has 0 fully saturated rings. The molecule has 1 N–H and O–H groups in total. The van der Waals surface area contributed by atoms with Crippen molar-refractivity contribution in [2.24, 2.45) is 0 Å². The van der Waals surface area contributed by atoms with E-state index in [1.807, 2.05) is 44.2 Å². The molecule has 30 heavy (non-hydrogen) atoms. The molecule has 0 saturated carbocycles. The zero-order valence-electron chi connectivity index (χ0n) is 17.1. The summed E-state index contributed by atoms with van der Waals surface area (Å²) in [5.41, 5.74) is 3.01. The van der Waals surface area contributed by atoms with E-state index in [1.165, 1.54) is 19.2 Å². The smallest absolute Gasteiger partial charge is 0.264 e. The minimum Gasteiger partial charge on any atom is -0.497 e. The van der Waals surface area contributed by atoms with E-state index in [-0.39, 0.29) is 11.4 Å². The van der Waals surface area contributed by atoms with Gasteiger partial charge in [0.05, 0.1) is 17.7 Å². The minimum absolute atomic E-state index is 0.0761. The molecule has 0 heterocycles. The van der Waals surface area contributed by atoms with Crippen molar-refractivity contribution in [1.29, 1.82) is 0 Å². The van der Waals surface area contributed by atoms with Crippen molar-refractivity contribution < 1.29 is 17.9 Å².